The molecule has 2 aromatic carbocycles. The number of hydrogen-bond acceptors (Lipinski definition) is 7. The molecule has 0 bridgehead atoms. The van der Waals surface area contributed by atoms with Crippen molar-refractivity contribution in [3.63, 3.8) is 0 Å². The average molecular weight is 511 g/mol. The Labute approximate surface area is 215 Å². The number of β-amino-alcohol motifs (C(OH)–C–C–N with tert-alkyl or cyclic N) is 1. The topological polar surface area (TPSA) is 109 Å². The molecule has 1 aliphatic heterocycles. The number of benzene rings is 2. The molecule has 1 aliphatic rings. The van der Waals surface area contributed by atoms with Gasteiger partial charge in [-0.05, 0) is 42.2 Å². The van der Waals surface area contributed by atoms with Crippen molar-refractivity contribution in [1.82, 2.24) is 4.90 Å². The van der Waals surface area contributed by atoms with Gasteiger partial charge in [-0.1, -0.05) is 48.5 Å². The summed E-state index contributed by atoms with van der Waals surface area (Å²) in [6.45, 7) is 0.904. The number of aliphatic hydroxyl groups excluding tert-OH is 2. The van der Waals surface area contributed by atoms with E-state index in [1.165, 1.54) is 17.0 Å². The van der Waals surface area contributed by atoms with Crippen LogP contribution in [0.1, 0.15) is 18.1 Å². The van der Waals surface area contributed by atoms with Crippen molar-refractivity contribution in [3.8, 4) is 0 Å². The normalized spacial score (nSPS) is 18.6. The average Bonchev–Trinajstić information content (AvgIpc) is 2.90. The summed E-state index contributed by atoms with van der Waals surface area (Å²) in [4.78, 5) is 32.2. The van der Waals surface area contributed by atoms with Crippen LogP contribution in [0.2, 0.25) is 0 Å². The molecular formula is C28H31FN2O6. The maximum atomic E-state index is 13.6. The molecule has 2 N–H and O–H groups in total. The van der Waals surface area contributed by atoms with Crippen LogP contribution in [-0.4, -0.2) is 72.2 Å². The lowest BCUT2D eigenvalue weighted by atomic mass is 10.0. The highest BCUT2D eigenvalue weighted by atomic mass is 19.1. The van der Waals surface area contributed by atoms with Crippen molar-refractivity contribution >= 4 is 18.1 Å². The van der Waals surface area contributed by atoms with E-state index in [0.29, 0.717) is 6.42 Å². The Morgan fingerprint density at radius 3 is 2.54 bits per heavy atom. The number of aliphatic imine (C=N–C) groups is 1. The summed E-state index contributed by atoms with van der Waals surface area (Å²) < 4.78 is 24.4. The Morgan fingerprint density at radius 1 is 1.14 bits per heavy atom. The number of allylic oxidation sites excluding steroid dienone is 1. The van der Waals surface area contributed by atoms with Crippen LogP contribution >= 0.6 is 0 Å². The maximum Gasteiger partial charge on any atom is 0.347 e. The van der Waals surface area contributed by atoms with Crippen molar-refractivity contribution < 1.29 is 33.7 Å². The first kappa shape index (κ1) is 27.8. The second-order valence-electron chi connectivity index (χ2n) is 8.39. The Morgan fingerprint density at radius 2 is 1.86 bits per heavy atom. The van der Waals surface area contributed by atoms with E-state index in [-0.39, 0.29) is 50.0 Å². The second kappa shape index (κ2) is 14.1. The Bertz CT molecular complexity index is 1150. The quantitative estimate of drug-likeness (QED) is 0.376. The van der Waals surface area contributed by atoms with E-state index in [0.717, 1.165) is 16.7 Å². The number of hydrogen-bond donors (Lipinski definition) is 2. The molecule has 0 spiro atoms. The third kappa shape index (κ3) is 8.37. The Hall–Kier alpha value is -3.82. The SMILES string of the molecule is CCOC(=O)/C1=C(\OCc2ccccc2)CN=C/C(Cc2ccc(F)cc2)=C\CN(CC(O)CO)C1=O. The number of amides is 1. The van der Waals surface area contributed by atoms with Crippen LogP contribution in [0.25, 0.3) is 0 Å². The third-order valence-electron chi connectivity index (χ3n) is 5.54. The molecule has 1 heterocycles. The highest BCUT2D eigenvalue weighted by Gasteiger charge is 2.31. The van der Waals surface area contributed by atoms with Crippen LogP contribution < -0.4 is 0 Å². The van der Waals surface area contributed by atoms with Crippen molar-refractivity contribution in [2.75, 3.05) is 32.8 Å². The lowest BCUT2D eigenvalue weighted by Crippen LogP contribution is -2.42. The van der Waals surface area contributed by atoms with Gasteiger partial charge in [0.05, 0.1) is 25.9 Å². The van der Waals surface area contributed by atoms with Gasteiger partial charge in [-0.15, -0.1) is 0 Å². The first-order chi connectivity index (χ1) is 17.9. The number of aliphatic hydroxyl groups is 2. The van der Waals surface area contributed by atoms with Crippen LogP contribution in [0, 0.1) is 5.82 Å². The minimum atomic E-state index is -1.22. The molecule has 1 unspecified atom stereocenters. The van der Waals surface area contributed by atoms with Crippen LogP contribution in [0.3, 0.4) is 0 Å². The molecule has 0 radical (unpaired) electrons. The molecule has 1 atom stereocenters. The van der Waals surface area contributed by atoms with Crippen LogP contribution in [0.4, 0.5) is 4.39 Å². The van der Waals surface area contributed by atoms with Gasteiger partial charge in [-0.3, -0.25) is 9.79 Å². The highest BCUT2D eigenvalue weighted by molar-refractivity contribution is 6.17. The summed E-state index contributed by atoms with van der Waals surface area (Å²) in [6.07, 6.45) is 2.57. The number of carbonyl (C=O) groups is 2. The van der Waals surface area contributed by atoms with E-state index < -0.39 is 24.6 Å². The van der Waals surface area contributed by atoms with Crippen molar-refractivity contribution in [2.45, 2.75) is 26.1 Å². The fourth-order valence-corrected chi connectivity index (χ4v) is 3.66. The number of carbonyl (C=O) groups excluding carboxylic acids is 2. The fraction of sp³-hybridized carbons (Fsp3) is 0.321. The van der Waals surface area contributed by atoms with E-state index in [4.69, 9.17) is 9.47 Å². The minimum absolute atomic E-state index is 0.0211. The molecule has 3 rings (SSSR count). The molecule has 0 aromatic heterocycles. The zero-order chi connectivity index (χ0) is 26.6. The van der Waals surface area contributed by atoms with Gasteiger partial charge in [-0.2, -0.15) is 0 Å². The number of halogens is 1. The van der Waals surface area contributed by atoms with Gasteiger partial charge < -0.3 is 24.6 Å². The summed E-state index contributed by atoms with van der Waals surface area (Å²) in [5.74, 6) is -1.87. The number of nitrogens with zero attached hydrogens (tertiary/aromatic N) is 2. The predicted molar refractivity (Wildman–Crippen MR) is 136 cm³/mol. The van der Waals surface area contributed by atoms with E-state index in [1.807, 2.05) is 30.3 Å². The number of rotatable bonds is 10. The van der Waals surface area contributed by atoms with Crippen LogP contribution in [0.15, 0.2) is 82.6 Å². The number of ether oxygens (including phenoxy) is 2. The van der Waals surface area contributed by atoms with E-state index in [2.05, 4.69) is 4.99 Å². The van der Waals surface area contributed by atoms with Gasteiger partial charge in [0.15, 0.2) is 5.57 Å². The maximum absolute atomic E-state index is 13.6. The lowest BCUT2D eigenvalue weighted by Gasteiger charge is -2.26. The van der Waals surface area contributed by atoms with Gasteiger partial charge in [0.25, 0.3) is 5.91 Å². The molecule has 0 saturated carbocycles. The molecule has 196 valence electrons. The molecule has 0 fully saturated rings. The summed E-state index contributed by atoms with van der Waals surface area (Å²) >= 11 is 0. The Kier molecular flexibility index (Phi) is 10.5. The molecular weight excluding hydrogens is 479 g/mol. The fourth-order valence-electron chi connectivity index (χ4n) is 3.66. The zero-order valence-corrected chi connectivity index (χ0v) is 20.7. The van der Waals surface area contributed by atoms with Gasteiger partial charge in [0.2, 0.25) is 0 Å². The predicted octanol–water partition coefficient (Wildman–Crippen LogP) is 2.59. The third-order valence-corrected chi connectivity index (χ3v) is 5.54. The number of esters is 1. The van der Waals surface area contributed by atoms with E-state index in [1.54, 1.807) is 31.3 Å². The highest BCUT2D eigenvalue weighted by Crippen LogP contribution is 2.18. The molecule has 1 amide bonds. The minimum Gasteiger partial charge on any atom is -0.490 e. The smallest absolute Gasteiger partial charge is 0.347 e. The molecule has 0 aliphatic carbocycles. The van der Waals surface area contributed by atoms with E-state index >= 15 is 0 Å². The summed E-state index contributed by atoms with van der Waals surface area (Å²) in [5.41, 5.74) is 2.10. The van der Waals surface area contributed by atoms with Crippen molar-refractivity contribution in [3.05, 3.63) is 94.5 Å². The lowest BCUT2D eigenvalue weighted by molar-refractivity contribution is -0.143. The first-order valence-corrected chi connectivity index (χ1v) is 12.0. The zero-order valence-electron chi connectivity index (χ0n) is 20.7. The molecule has 0 saturated heterocycles. The molecule has 37 heavy (non-hydrogen) atoms. The molecule has 2 aromatic rings. The summed E-state index contributed by atoms with van der Waals surface area (Å²) in [5, 5.41) is 19.5. The summed E-state index contributed by atoms with van der Waals surface area (Å²) in [6, 6.07) is 15.3. The standard InChI is InChI=1S/C28H31FN2O6/c1-2-36-28(35)26-25(37-19-21-6-4-3-5-7-21)16-30-15-22(14-20-8-10-23(29)11-9-20)12-13-31(27(26)34)17-24(33)18-32/h3-12,15,24,32-33H,2,13-14,16-19H2,1H3/b22-12-,26-25-,30-15?. The van der Waals surface area contributed by atoms with Gasteiger partial charge in [0.1, 0.15) is 18.2 Å². The monoisotopic (exact) mass is 510 g/mol. The van der Waals surface area contributed by atoms with Gasteiger partial charge in [-0.25, -0.2) is 9.18 Å². The van der Waals surface area contributed by atoms with E-state index in [9.17, 15) is 24.2 Å². The molecule has 9 heteroatoms. The van der Waals surface area contributed by atoms with Crippen molar-refractivity contribution in [1.29, 1.82) is 0 Å². The first-order valence-electron chi connectivity index (χ1n) is 12.0. The summed E-state index contributed by atoms with van der Waals surface area (Å²) in [7, 11) is 0. The second-order valence-corrected chi connectivity index (χ2v) is 8.39. The van der Waals surface area contributed by atoms with Crippen LogP contribution in [0.5, 0.6) is 0 Å². The largest absolute Gasteiger partial charge is 0.490 e. The van der Waals surface area contributed by atoms with Gasteiger partial charge >= 0.3 is 5.97 Å². The van der Waals surface area contributed by atoms with Crippen molar-refractivity contribution in [2.24, 2.45) is 4.99 Å². The Balaban J connectivity index is 1.99. The molecule has 8 nitrogen and oxygen atoms in total. The van der Waals surface area contributed by atoms with Gasteiger partial charge in [0, 0.05) is 19.3 Å². The van der Waals surface area contributed by atoms with Crippen LogP contribution in [-0.2, 0) is 32.1 Å².